The van der Waals surface area contributed by atoms with Crippen LogP contribution < -0.4 is 10.2 Å². The normalized spacial score (nSPS) is 13.2. The van der Waals surface area contributed by atoms with Crippen molar-refractivity contribution in [1.82, 2.24) is 19.6 Å². The molecule has 0 bridgehead atoms. The number of carbonyl (C=O) groups is 2. The molecule has 8 nitrogen and oxygen atoms in total. The Kier molecular flexibility index (Phi) is 5.10. The molecule has 1 aliphatic carbocycles. The van der Waals surface area contributed by atoms with E-state index in [2.05, 4.69) is 20.4 Å². The lowest BCUT2D eigenvalue weighted by Gasteiger charge is -2.21. The second kappa shape index (κ2) is 8.22. The van der Waals surface area contributed by atoms with Crippen LogP contribution >= 0.6 is 0 Å². The van der Waals surface area contributed by atoms with Crippen molar-refractivity contribution in [3.63, 3.8) is 0 Å². The zero-order valence-electron chi connectivity index (χ0n) is 17.6. The van der Waals surface area contributed by atoms with Gasteiger partial charge < -0.3 is 4.90 Å². The minimum absolute atomic E-state index is 0.0240. The molecule has 1 aliphatic rings. The number of nitrogens with zero attached hydrogens (tertiary/aromatic N) is 5. The van der Waals surface area contributed by atoms with Crippen LogP contribution in [-0.2, 0) is 16.1 Å². The molecule has 0 spiro atoms. The molecular weight excluding hydrogens is 404 g/mol. The number of hydrogen-bond donors (Lipinski definition) is 1. The summed E-state index contributed by atoms with van der Waals surface area (Å²) in [5.74, 6) is 0.315. The Balaban J connectivity index is 1.42. The van der Waals surface area contributed by atoms with Gasteiger partial charge in [0.2, 0.25) is 17.8 Å². The summed E-state index contributed by atoms with van der Waals surface area (Å²) in [6.07, 6.45) is 3.57. The highest BCUT2D eigenvalue weighted by atomic mass is 16.2. The molecule has 3 aromatic heterocycles. The van der Waals surface area contributed by atoms with Crippen LogP contribution in [-0.4, -0.2) is 31.4 Å². The van der Waals surface area contributed by atoms with Crippen molar-refractivity contribution in [2.45, 2.75) is 26.3 Å². The monoisotopic (exact) mass is 426 g/mol. The maximum Gasteiger partial charge on any atom is 0.249 e. The number of hydrogen-bond acceptors (Lipinski definition) is 5. The Morgan fingerprint density at radius 3 is 2.56 bits per heavy atom. The minimum atomic E-state index is -0.0576. The zero-order valence-corrected chi connectivity index (χ0v) is 17.6. The zero-order chi connectivity index (χ0) is 22.1. The first-order valence-corrected chi connectivity index (χ1v) is 10.5. The Labute approximate surface area is 184 Å². The maximum atomic E-state index is 12.3. The number of amides is 2. The number of pyridine rings is 2. The largest absolute Gasteiger partial charge is 0.307 e. The summed E-state index contributed by atoms with van der Waals surface area (Å²) >= 11 is 0. The van der Waals surface area contributed by atoms with E-state index < -0.39 is 0 Å². The van der Waals surface area contributed by atoms with E-state index in [1.165, 1.54) is 0 Å². The molecule has 32 heavy (non-hydrogen) atoms. The first-order valence-electron chi connectivity index (χ1n) is 10.5. The van der Waals surface area contributed by atoms with Crippen LogP contribution in [0.4, 0.5) is 11.6 Å². The summed E-state index contributed by atoms with van der Waals surface area (Å²) < 4.78 is 1.72. The lowest BCUT2D eigenvalue weighted by atomic mass is 10.1. The van der Waals surface area contributed by atoms with E-state index in [0.717, 1.165) is 35.5 Å². The predicted molar refractivity (Wildman–Crippen MR) is 121 cm³/mol. The van der Waals surface area contributed by atoms with Crippen LogP contribution in [0.3, 0.4) is 0 Å². The molecule has 4 aromatic rings. The lowest BCUT2D eigenvalue weighted by molar-refractivity contribution is -0.117. The first-order chi connectivity index (χ1) is 15.6. The highest BCUT2D eigenvalue weighted by molar-refractivity contribution is 5.93. The van der Waals surface area contributed by atoms with Crippen LogP contribution in [0, 0.1) is 5.92 Å². The molecule has 1 N–H and O–H groups in total. The molecule has 0 saturated heterocycles. The van der Waals surface area contributed by atoms with Crippen molar-refractivity contribution in [3.05, 3.63) is 72.6 Å². The maximum absolute atomic E-state index is 12.3. The standard InChI is InChI=1S/C24H22N6O2/c1-16(31)29(15-19-5-2-3-14-25-19)20-12-10-17(11-13-20)21-6-4-7-22-26-24(28-30(21)22)27-23(32)18-8-9-18/h2-7,10-14,18H,8-9,15H2,1H3,(H,27,28,32). The number of benzene rings is 1. The van der Waals surface area contributed by atoms with Crippen molar-refractivity contribution in [2.24, 2.45) is 5.92 Å². The third kappa shape index (κ3) is 4.07. The van der Waals surface area contributed by atoms with Crippen molar-refractivity contribution in [3.8, 4) is 11.3 Å². The van der Waals surface area contributed by atoms with Gasteiger partial charge in [-0.2, -0.15) is 4.98 Å². The van der Waals surface area contributed by atoms with E-state index in [9.17, 15) is 9.59 Å². The van der Waals surface area contributed by atoms with Crippen LogP contribution in [0.15, 0.2) is 66.9 Å². The van der Waals surface area contributed by atoms with Gasteiger partial charge in [0.1, 0.15) is 0 Å². The molecule has 0 atom stereocenters. The van der Waals surface area contributed by atoms with Gasteiger partial charge in [0.15, 0.2) is 5.65 Å². The molecule has 0 radical (unpaired) electrons. The summed E-state index contributed by atoms with van der Waals surface area (Å²) in [6, 6.07) is 19.1. The second-order valence-corrected chi connectivity index (χ2v) is 7.85. The number of anilines is 2. The van der Waals surface area contributed by atoms with Gasteiger partial charge in [-0.05, 0) is 49.2 Å². The molecule has 2 amide bonds. The molecule has 1 fully saturated rings. The topological polar surface area (TPSA) is 92.5 Å². The Hall–Kier alpha value is -4.07. The van der Waals surface area contributed by atoms with Gasteiger partial charge >= 0.3 is 0 Å². The smallest absolute Gasteiger partial charge is 0.249 e. The van der Waals surface area contributed by atoms with Crippen molar-refractivity contribution >= 4 is 29.1 Å². The van der Waals surface area contributed by atoms with Crippen LogP contribution in [0.25, 0.3) is 16.9 Å². The van der Waals surface area contributed by atoms with E-state index >= 15 is 0 Å². The molecule has 160 valence electrons. The van der Waals surface area contributed by atoms with Gasteiger partial charge in [-0.25, -0.2) is 4.52 Å². The van der Waals surface area contributed by atoms with E-state index in [1.54, 1.807) is 22.5 Å². The lowest BCUT2D eigenvalue weighted by Crippen LogP contribution is -2.28. The molecule has 1 aromatic carbocycles. The molecule has 0 aliphatic heterocycles. The quantitative estimate of drug-likeness (QED) is 0.508. The number of rotatable bonds is 6. The average Bonchev–Trinajstić information content (AvgIpc) is 3.58. The van der Waals surface area contributed by atoms with Gasteiger partial charge in [0.05, 0.1) is 17.9 Å². The Morgan fingerprint density at radius 2 is 1.88 bits per heavy atom. The second-order valence-electron chi connectivity index (χ2n) is 7.85. The molecule has 0 unspecified atom stereocenters. The van der Waals surface area contributed by atoms with Gasteiger partial charge in [-0.15, -0.1) is 5.10 Å². The highest BCUT2D eigenvalue weighted by Gasteiger charge is 2.30. The number of aromatic nitrogens is 4. The molecular formula is C24H22N6O2. The van der Waals surface area contributed by atoms with Crippen LogP contribution in [0.2, 0.25) is 0 Å². The average molecular weight is 426 g/mol. The number of carbonyl (C=O) groups excluding carboxylic acids is 2. The van der Waals surface area contributed by atoms with Crippen molar-refractivity contribution in [2.75, 3.05) is 10.2 Å². The number of fused-ring (bicyclic) bond motifs is 1. The van der Waals surface area contributed by atoms with E-state index in [4.69, 9.17) is 0 Å². The summed E-state index contributed by atoms with van der Waals surface area (Å²) in [5.41, 5.74) is 4.02. The molecule has 3 heterocycles. The van der Waals surface area contributed by atoms with E-state index in [-0.39, 0.29) is 17.7 Å². The fraction of sp³-hybridized carbons (Fsp3) is 0.208. The van der Waals surface area contributed by atoms with E-state index in [1.807, 2.05) is 60.7 Å². The predicted octanol–water partition coefficient (Wildman–Crippen LogP) is 3.69. The fourth-order valence-corrected chi connectivity index (χ4v) is 3.58. The van der Waals surface area contributed by atoms with E-state index in [0.29, 0.717) is 18.1 Å². The third-order valence-corrected chi connectivity index (χ3v) is 5.44. The van der Waals surface area contributed by atoms with Gasteiger partial charge in [0.25, 0.3) is 0 Å². The van der Waals surface area contributed by atoms with Gasteiger partial charge in [-0.1, -0.05) is 24.3 Å². The SMILES string of the molecule is CC(=O)N(Cc1ccccn1)c1ccc(-c2cccc3nc(NC(=O)C4CC4)nn23)cc1. The number of nitrogens with one attached hydrogen (secondary N) is 1. The Bertz CT molecular complexity index is 1280. The van der Waals surface area contributed by atoms with Crippen LogP contribution in [0.5, 0.6) is 0 Å². The van der Waals surface area contributed by atoms with Gasteiger partial charge in [-0.3, -0.25) is 19.9 Å². The third-order valence-electron chi connectivity index (χ3n) is 5.44. The van der Waals surface area contributed by atoms with Crippen LogP contribution in [0.1, 0.15) is 25.5 Å². The highest BCUT2D eigenvalue weighted by Crippen LogP contribution is 2.30. The first kappa shape index (κ1) is 19.9. The Morgan fingerprint density at radius 1 is 1.06 bits per heavy atom. The summed E-state index contributed by atoms with van der Waals surface area (Å²) in [5, 5.41) is 7.28. The molecule has 1 saturated carbocycles. The minimum Gasteiger partial charge on any atom is -0.307 e. The summed E-state index contributed by atoms with van der Waals surface area (Å²) in [4.78, 5) is 34.8. The molecule has 5 rings (SSSR count). The van der Waals surface area contributed by atoms with Crippen molar-refractivity contribution in [1.29, 1.82) is 0 Å². The van der Waals surface area contributed by atoms with Gasteiger partial charge in [0, 0.05) is 30.3 Å². The summed E-state index contributed by atoms with van der Waals surface area (Å²) in [6.45, 7) is 1.95. The molecule has 8 heteroatoms. The fourth-order valence-electron chi connectivity index (χ4n) is 3.58. The summed E-state index contributed by atoms with van der Waals surface area (Å²) in [7, 11) is 0. The van der Waals surface area contributed by atoms with Crippen molar-refractivity contribution < 1.29 is 9.59 Å².